The molecule has 0 N–H and O–H groups in total. The molecule has 1 nitrogen and oxygen atoms in total. The van der Waals surface area contributed by atoms with E-state index in [1.54, 1.807) is 0 Å². The Morgan fingerprint density at radius 3 is 1.81 bits per heavy atom. The summed E-state index contributed by atoms with van der Waals surface area (Å²) < 4.78 is 0. The minimum absolute atomic E-state index is 0.179. The fraction of sp³-hybridized carbons (Fsp3) is 1.00. The first-order valence-electron chi connectivity index (χ1n) is 5.93. The zero-order valence-electron chi connectivity index (χ0n) is 11.1. The molecule has 0 atom stereocenters. The number of nitrogens with zero attached hydrogens (tertiary/aromatic N) is 1. The summed E-state index contributed by atoms with van der Waals surface area (Å²) >= 11 is -0.826. The third kappa shape index (κ3) is 7.87. The molecule has 0 saturated heterocycles. The van der Waals surface area contributed by atoms with E-state index in [2.05, 4.69) is 33.9 Å². The Morgan fingerprint density at radius 1 is 1.12 bits per heavy atom. The van der Waals surface area contributed by atoms with E-state index < -0.39 is 29.1 Å². The van der Waals surface area contributed by atoms with Crippen molar-refractivity contribution in [2.45, 2.75) is 70.6 Å². The Bertz CT molecular complexity index is 189. The van der Waals surface area contributed by atoms with Gasteiger partial charge in [-0.25, -0.2) is 0 Å². The summed E-state index contributed by atoms with van der Waals surface area (Å²) in [5.74, 6) is 0. The fourth-order valence-electron chi connectivity index (χ4n) is 2.59. The average molecular weight is 361 g/mol. The third-order valence-corrected chi connectivity index (χ3v) is 6.80. The van der Waals surface area contributed by atoms with Crippen LogP contribution < -0.4 is 0 Å². The van der Waals surface area contributed by atoms with Crippen molar-refractivity contribution in [1.82, 2.24) is 0 Å². The topological polar surface area (TPSA) is 14.1 Å². The van der Waals surface area contributed by atoms with Crippen LogP contribution in [0.15, 0.2) is 0 Å². The first-order valence-corrected chi connectivity index (χ1v) is 15.3. The van der Waals surface area contributed by atoms with Crippen LogP contribution in [0.4, 0.5) is 0 Å². The van der Waals surface area contributed by atoms with Gasteiger partial charge in [-0.3, -0.25) is 0 Å². The van der Waals surface area contributed by atoms with Crippen molar-refractivity contribution in [2.75, 3.05) is 0 Å². The Kier molecular flexibility index (Phi) is 8.75. The van der Waals surface area contributed by atoms with Gasteiger partial charge in [0.1, 0.15) is 0 Å². The van der Waals surface area contributed by atoms with Crippen LogP contribution in [0.2, 0.25) is 18.6 Å². The van der Waals surface area contributed by atoms with Gasteiger partial charge >= 0.3 is 37.9 Å². The van der Waals surface area contributed by atoms with Crippen LogP contribution in [0.1, 0.15) is 46.5 Å². The Hall–Kier alpha value is 1.64. The Morgan fingerprint density at radius 2 is 1.50 bits per heavy atom. The molecular formula is C11H24Cl2NSiZr+. The van der Waals surface area contributed by atoms with E-state index in [0.717, 1.165) is 5.54 Å². The molecule has 1 aliphatic carbocycles. The molecule has 0 heterocycles. The molecule has 0 bridgehead atoms. The SMILES string of the molecule is CC(C)(C)[N-][Si](C)(C)C1CCCC1.[Cl][Zr+2][Cl]. The Balaban J connectivity index is 0.000000673. The van der Waals surface area contributed by atoms with Crippen molar-refractivity contribution in [3.8, 4) is 0 Å². The number of halogens is 2. The molecule has 1 aliphatic rings. The molecular weight excluding hydrogens is 336 g/mol. The molecule has 0 aromatic rings. The number of hydrogen-bond acceptors (Lipinski definition) is 0. The van der Waals surface area contributed by atoms with E-state index >= 15 is 0 Å². The van der Waals surface area contributed by atoms with Gasteiger partial charge in [-0.2, -0.15) is 0 Å². The fourth-order valence-corrected chi connectivity index (χ4v) is 6.32. The molecule has 0 aliphatic heterocycles. The minimum atomic E-state index is -1.28. The molecule has 0 radical (unpaired) electrons. The quantitative estimate of drug-likeness (QED) is 0.562. The molecule has 1 rings (SSSR count). The van der Waals surface area contributed by atoms with E-state index in [1.807, 2.05) is 0 Å². The summed E-state index contributed by atoms with van der Waals surface area (Å²) in [5, 5.41) is 0. The molecule has 1 saturated carbocycles. The van der Waals surface area contributed by atoms with Crippen molar-refractivity contribution in [2.24, 2.45) is 0 Å². The van der Waals surface area contributed by atoms with Crippen molar-refractivity contribution < 1.29 is 20.8 Å². The van der Waals surface area contributed by atoms with Crippen LogP contribution in [0, 0.1) is 0 Å². The van der Waals surface area contributed by atoms with Crippen LogP contribution in [-0.2, 0) is 20.8 Å². The van der Waals surface area contributed by atoms with Crippen LogP contribution >= 0.6 is 17.0 Å². The number of hydrogen-bond donors (Lipinski definition) is 0. The molecule has 5 heteroatoms. The maximum atomic E-state index is 5.06. The molecule has 16 heavy (non-hydrogen) atoms. The van der Waals surface area contributed by atoms with E-state index in [-0.39, 0.29) is 5.54 Å². The van der Waals surface area contributed by atoms with Gasteiger partial charge in [0.25, 0.3) is 0 Å². The molecule has 94 valence electrons. The zero-order chi connectivity index (χ0) is 12.8. The number of rotatable bonds is 2. The molecule has 0 unspecified atom stereocenters. The van der Waals surface area contributed by atoms with Gasteiger partial charge in [0.15, 0.2) is 0 Å². The molecule has 0 spiro atoms. The predicted octanol–water partition coefficient (Wildman–Crippen LogP) is 5.68. The summed E-state index contributed by atoms with van der Waals surface area (Å²) in [6, 6.07) is 0. The second kappa shape index (κ2) is 7.94. The van der Waals surface area contributed by atoms with Gasteiger partial charge in [-0.1, -0.05) is 73.3 Å². The van der Waals surface area contributed by atoms with E-state index in [0.29, 0.717) is 0 Å². The second-order valence-corrected chi connectivity index (χ2v) is 14.1. The zero-order valence-corrected chi connectivity index (χ0v) is 16.1. The van der Waals surface area contributed by atoms with E-state index in [9.17, 15) is 0 Å². The van der Waals surface area contributed by atoms with Gasteiger partial charge in [-0.05, 0) is 0 Å². The van der Waals surface area contributed by atoms with Gasteiger partial charge in [0.05, 0.1) is 0 Å². The monoisotopic (exact) mass is 358 g/mol. The van der Waals surface area contributed by atoms with Crippen LogP contribution in [0.5, 0.6) is 0 Å². The van der Waals surface area contributed by atoms with Gasteiger partial charge in [0, 0.05) is 0 Å². The normalized spacial score (nSPS) is 17.7. The van der Waals surface area contributed by atoms with Crippen molar-refractivity contribution in [1.29, 1.82) is 0 Å². The van der Waals surface area contributed by atoms with Gasteiger partial charge in [0.2, 0.25) is 0 Å². The van der Waals surface area contributed by atoms with Gasteiger partial charge in [-0.15, -0.1) is 5.54 Å². The van der Waals surface area contributed by atoms with Crippen molar-refractivity contribution >= 4 is 25.3 Å². The van der Waals surface area contributed by atoms with E-state index in [1.165, 1.54) is 25.7 Å². The standard InChI is InChI=1S/C11H24NSi.2ClH.Zr/c1-11(2,3)12-13(4,5)10-8-6-7-9-10;;;/h10H,6-9H2,1-5H3;2*1H;/q-1;;;+4/p-2. The average Bonchev–Trinajstić information content (AvgIpc) is 2.51. The van der Waals surface area contributed by atoms with Crippen molar-refractivity contribution in [3.05, 3.63) is 4.98 Å². The summed E-state index contributed by atoms with van der Waals surface area (Å²) in [4.78, 5) is 5.06. The summed E-state index contributed by atoms with van der Waals surface area (Å²) in [5.41, 5.74) is 1.14. The Labute approximate surface area is 121 Å². The van der Waals surface area contributed by atoms with Crippen molar-refractivity contribution in [3.63, 3.8) is 0 Å². The molecule has 0 aromatic carbocycles. The first kappa shape index (κ1) is 17.6. The summed E-state index contributed by atoms with van der Waals surface area (Å²) in [7, 11) is 8.59. The van der Waals surface area contributed by atoms with E-state index in [4.69, 9.17) is 22.0 Å². The summed E-state index contributed by atoms with van der Waals surface area (Å²) in [6.45, 7) is 11.6. The van der Waals surface area contributed by atoms with Crippen LogP contribution in [0.25, 0.3) is 4.98 Å². The van der Waals surface area contributed by atoms with Crippen LogP contribution in [0.3, 0.4) is 0 Å². The molecule has 1 fully saturated rings. The predicted molar refractivity (Wildman–Crippen MR) is 74.5 cm³/mol. The third-order valence-electron chi connectivity index (χ3n) is 2.98. The van der Waals surface area contributed by atoms with Crippen LogP contribution in [-0.4, -0.2) is 13.8 Å². The molecule has 0 aromatic heterocycles. The summed E-state index contributed by atoms with van der Waals surface area (Å²) in [6.07, 6.45) is 5.78. The molecule has 0 amide bonds. The maximum absolute atomic E-state index is 5.06. The van der Waals surface area contributed by atoms with Gasteiger partial charge < -0.3 is 4.98 Å². The first-order chi connectivity index (χ1) is 7.23. The second-order valence-electron chi connectivity index (χ2n) is 5.99.